The van der Waals surface area contributed by atoms with Crippen LogP contribution in [0.5, 0.6) is 0 Å². The van der Waals surface area contributed by atoms with E-state index in [1.807, 2.05) is 25.1 Å². The van der Waals surface area contributed by atoms with Crippen molar-refractivity contribution in [2.24, 2.45) is 0 Å². The summed E-state index contributed by atoms with van der Waals surface area (Å²) in [7, 11) is -3.24. The van der Waals surface area contributed by atoms with Gasteiger partial charge in [0.15, 0.2) is 5.13 Å². The minimum atomic E-state index is -3.24. The molecule has 4 nitrogen and oxygen atoms in total. The van der Waals surface area contributed by atoms with Crippen molar-refractivity contribution < 1.29 is 8.42 Å². The first-order valence-electron chi connectivity index (χ1n) is 4.29. The van der Waals surface area contributed by atoms with Gasteiger partial charge in [-0.1, -0.05) is 17.4 Å². The zero-order valence-corrected chi connectivity index (χ0v) is 9.95. The molecule has 2 aromatic rings. The average Bonchev–Trinajstić information content (AvgIpc) is 2.42. The van der Waals surface area contributed by atoms with E-state index < -0.39 is 10.0 Å². The third kappa shape index (κ3) is 2.45. The third-order valence-corrected chi connectivity index (χ3v) is 3.46. The number of nitrogens with zero attached hydrogens (tertiary/aromatic N) is 1. The lowest BCUT2D eigenvalue weighted by Gasteiger charge is -1.95. The summed E-state index contributed by atoms with van der Waals surface area (Å²) in [6, 6.07) is 5.85. The number of thiazole rings is 1. The van der Waals surface area contributed by atoms with Gasteiger partial charge in [0.1, 0.15) is 0 Å². The summed E-state index contributed by atoms with van der Waals surface area (Å²) >= 11 is 1.33. The van der Waals surface area contributed by atoms with Gasteiger partial charge in [-0.05, 0) is 24.6 Å². The molecule has 1 aromatic carbocycles. The number of anilines is 1. The van der Waals surface area contributed by atoms with Gasteiger partial charge >= 0.3 is 0 Å². The Balaban J connectivity index is 2.48. The molecule has 0 atom stereocenters. The molecular formula is C9H10N2O2S2. The number of rotatable bonds is 2. The van der Waals surface area contributed by atoms with Crippen LogP contribution in [0.1, 0.15) is 5.56 Å². The number of hydrogen-bond acceptors (Lipinski definition) is 4. The minimum absolute atomic E-state index is 0.415. The van der Waals surface area contributed by atoms with Gasteiger partial charge in [0.2, 0.25) is 10.0 Å². The van der Waals surface area contributed by atoms with Crippen LogP contribution < -0.4 is 4.72 Å². The van der Waals surface area contributed by atoms with Crippen molar-refractivity contribution in [3.63, 3.8) is 0 Å². The van der Waals surface area contributed by atoms with Gasteiger partial charge < -0.3 is 0 Å². The van der Waals surface area contributed by atoms with E-state index >= 15 is 0 Å². The predicted molar refractivity (Wildman–Crippen MR) is 62.8 cm³/mol. The molecule has 0 fully saturated rings. The van der Waals surface area contributed by atoms with Crippen LogP contribution in [0.25, 0.3) is 10.2 Å². The lowest BCUT2D eigenvalue weighted by Crippen LogP contribution is -2.08. The maximum absolute atomic E-state index is 11.0. The van der Waals surface area contributed by atoms with Crippen LogP contribution in [0.15, 0.2) is 18.2 Å². The highest BCUT2D eigenvalue weighted by atomic mass is 32.2. The maximum Gasteiger partial charge on any atom is 0.231 e. The van der Waals surface area contributed by atoms with Crippen LogP contribution in [-0.2, 0) is 10.0 Å². The zero-order chi connectivity index (χ0) is 11.1. The molecule has 0 saturated heterocycles. The van der Waals surface area contributed by atoms with E-state index in [4.69, 9.17) is 0 Å². The van der Waals surface area contributed by atoms with Crippen LogP contribution in [0.4, 0.5) is 5.13 Å². The van der Waals surface area contributed by atoms with Gasteiger partial charge in [0.05, 0.1) is 16.5 Å². The smallest absolute Gasteiger partial charge is 0.231 e. The molecule has 6 heteroatoms. The van der Waals surface area contributed by atoms with E-state index in [2.05, 4.69) is 9.71 Å². The maximum atomic E-state index is 11.0. The van der Waals surface area contributed by atoms with E-state index in [9.17, 15) is 8.42 Å². The van der Waals surface area contributed by atoms with Crippen molar-refractivity contribution in [1.82, 2.24) is 4.98 Å². The molecule has 2 rings (SSSR count). The Morgan fingerprint density at radius 2 is 2.13 bits per heavy atom. The Bertz CT molecular complexity index is 602. The summed E-state index contributed by atoms with van der Waals surface area (Å²) in [5.74, 6) is 0. The van der Waals surface area contributed by atoms with Crippen molar-refractivity contribution in [3.05, 3.63) is 23.8 Å². The lowest BCUT2D eigenvalue weighted by molar-refractivity contribution is 0.607. The molecule has 15 heavy (non-hydrogen) atoms. The minimum Gasteiger partial charge on any atom is -0.259 e. The lowest BCUT2D eigenvalue weighted by atomic mass is 10.2. The van der Waals surface area contributed by atoms with Gasteiger partial charge in [-0.15, -0.1) is 0 Å². The first kappa shape index (κ1) is 10.4. The number of aryl methyl sites for hydroxylation is 1. The van der Waals surface area contributed by atoms with Crippen molar-refractivity contribution in [3.8, 4) is 0 Å². The van der Waals surface area contributed by atoms with Gasteiger partial charge in [-0.2, -0.15) is 0 Å². The highest BCUT2D eigenvalue weighted by Gasteiger charge is 2.07. The standard InChI is InChI=1S/C9H10N2O2S2/c1-6-3-4-8-7(5-6)10-9(14-8)11-15(2,12)13/h3-5H,1-2H3,(H,10,11). The van der Waals surface area contributed by atoms with E-state index in [1.165, 1.54) is 11.3 Å². The fourth-order valence-corrected chi connectivity index (χ4v) is 2.92. The van der Waals surface area contributed by atoms with E-state index in [0.717, 1.165) is 22.0 Å². The Morgan fingerprint density at radius 1 is 1.40 bits per heavy atom. The number of hydrogen-bond donors (Lipinski definition) is 1. The van der Waals surface area contributed by atoms with Crippen molar-refractivity contribution in [1.29, 1.82) is 0 Å². The van der Waals surface area contributed by atoms with Gasteiger partial charge in [0, 0.05) is 0 Å². The van der Waals surface area contributed by atoms with Crippen LogP contribution in [0.3, 0.4) is 0 Å². The van der Waals surface area contributed by atoms with Crippen LogP contribution in [-0.4, -0.2) is 19.7 Å². The average molecular weight is 242 g/mol. The first-order valence-corrected chi connectivity index (χ1v) is 7.00. The second-order valence-electron chi connectivity index (χ2n) is 3.36. The van der Waals surface area contributed by atoms with Gasteiger partial charge in [-0.3, -0.25) is 4.72 Å². The highest BCUT2D eigenvalue weighted by molar-refractivity contribution is 7.92. The van der Waals surface area contributed by atoms with Crippen molar-refractivity contribution in [2.45, 2.75) is 6.92 Å². The van der Waals surface area contributed by atoms with E-state index in [-0.39, 0.29) is 0 Å². The molecule has 0 saturated carbocycles. The zero-order valence-electron chi connectivity index (χ0n) is 8.31. The number of nitrogens with one attached hydrogen (secondary N) is 1. The Kier molecular flexibility index (Phi) is 2.40. The molecule has 1 heterocycles. The SMILES string of the molecule is Cc1ccc2sc(NS(C)(=O)=O)nc2c1. The summed E-state index contributed by atoms with van der Waals surface area (Å²) in [5, 5.41) is 0.415. The normalized spacial score (nSPS) is 11.9. The number of aromatic nitrogens is 1. The Hall–Kier alpha value is -1.14. The topological polar surface area (TPSA) is 59.1 Å². The highest BCUT2D eigenvalue weighted by Crippen LogP contribution is 2.26. The number of benzene rings is 1. The van der Waals surface area contributed by atoms with Crippen molar-refractivity contribution in [2.75, 3.05) is 11.0 Å². The quantitative estimate of drug-likeness (QED) is 0.876. The fraction of sp³-hybridized carbons (Fsp3) is 0.222. The van der Waals surface area contributed by atoms with Crippen LogP contribution >= 0.6 is 11.3 Å². The van der Waals surface area contributed by atoms with Crippen LogP contribution in [0, 0.1) is 6.92 Å². The summed E-state index contributed by atoms with van der Waals surface area (Å²) in [5.41, 5.74) is 1.94. The number of fused-ring (bicyclic) bond motifs is 1. The molecule has 0 aliphatic carbocycles. The molecule has 1 N–H and O–H groups in total. The molecule has 0 bridgehead atoms. The predicted octanol–water partition coefficient (Wildman–Crippen LogP) is 1.98. The second kappa shape index (κ2) is 3.46. The Morgan fingerprint density at radius 3 is 2.80 bits per heavy atom. The van der Waals surface area contributed by atoms with E-state index in [1.54, 1.807) is 0 Å². The molecule has 1 aromatic heterocycles. The molecular weight excluding hydrogens is 232 g/mol. The molecule has 80 valence electrons. The monoisotopic (exact) mass is 242 g/mol. The third-order valence-electron chi connectivity index (χ3n) is 1.82. The number of sulfonamides is 1. The van der Waals surface area contributed by atoms with Crippen LogP contribution in [0.2, 0.25) is 0 Å². The summed E-state index contributed by atoms with van der Waals surface area (Å²) in [6.45, 7) is 1.97. The molecule has 0 radical (unpaired) electrons. The first-order chi connectivity index (χ1) is 6.94. The molecule has 0 spiro atoms. The molecule has 0 aliphatic rings. The summed E-state index contributed by atoms with van der Waals surface area (Å²) in [6.07, 6.45) is 1.12. The largest absolute Gasteiger partial charge is 0.259 e. The summed E-state index contributed by atoms with van der Waals surface area (Å²) < 4.78 is 25.3. The Labute approximate surface area is 92.0 Å². The second-order valence-corrected chi connectivity index (χ2v) is 6.14. The van der Waals surface area contributed by atoms with Crippen molar-refractivity contribution >= 4 is 36.7 Å². The van der Waals surface area contributed by atoms with Gasteiger partial charge in [-0.25, -0.2) is 13.4 Å². The molecule has 0 aliphatic heterocycles. The fourth-order valence-electron chi connectivity index (χ4n) is 1.24. The molecule has 0 amide bonds. The molecule has 0 unspecified atom stereocenters. The summed E-state index contributed by atoms with van der Waals surface area (Å²) in [4.78, 5) is 4.19. The van der Waals surface area contributed by atoms with Gasteiger partial charge in [0.25, 0.3) is 0 Å². The van der Waals surface area contributed by atoms with E-state index in [0.29, 0.717) is 5.13 Å².